The molecule has 3 aromatic rings. The average Bonchev–Trinajstić information content (AvgIpc) is 3.09. The summed E-state index contributed by atoms with van der Waals surface area (Å²) in [6.07, 6.45) is 0.0483. The van der Waals surface area contributed by atoms with Gasteiger partial charge in [-0.1, -0.05) is 48.2 Å². The Bertz CT molecular complexity index is 1090. The normalized spacial score (nSPS) is 17.1. The zero-order chi connectivity index (χ0) is 21.6. The first kappa shape index (κ1) is 20.7. The van der Waals surface area contributed by atoms with Crippen molar-refractivity contribution in [2.24, 2.45) is 4.99 Å². The van der Waals surface area contributed by atoms with E-state index in [0.29, 0.717) is 16.6 Å². The molecular formula is C24H21N3O3S. The number of anilines is 2. The summed E-state index contributed by atoms with van der Waals surface area (Å²) in [5.74, 6) is 0.320. The maximum Gasteiger partial charge on any atom is 0.247 e. The monoisotopic (exact) mass is 431 g/mol. The summed E-state index contributed by atoms with van der Waals surface area (Å²) in [6.45, 7) is 0. The summed E-state index contributed by atoms with van der Waals surface area (Å²) in [4.78, 5) is 32.1. The molecule has 7 heteroatoms. The molecule has 0 aliphatic carbocycles. The van der Waals surface area contributed by atoms with Gasteiger partial charge < -0.3 is 10.1 Å². The lowest BCUT2D eigenvalue weighted by Gasteiger charge is -2.16. The fraction of sp³-hybridized carbons (Fsp3) is 0.125. The van der Waals surface area contributed by atoms with E-state index >= 15 is 0 Å². The minimum absolute atomic E-state index is 0.0483. The molecule has 0 aromatic heterocycles. The second-order valence-corrected chi connectivity index (χ2v) is 8.00. The fourth-order valence-corrected chi connectivity index (χ4v) is 4.31. The Morgan fingerprint density at radius 2 is 1.65 bits per heavy atom. The summed E-state index contributed by atoms with van der Waals surface area (Å²) < 4.78 is 5.13. The predicted octanol–water partition coefficient (Wildman–Crippen LogP) is 4.86. The third-order valence-electron chi connectivity index (χ3n) is 4.67. The molecule has 0 unspecified atom stereocenters. The molecular weight excluding hydrogens is 410 g/mol. The van der Waals surface area contributed by atoms with Crippen LogP contribution in [0.3, 0.4) is 0 Å². The van der Waals surface area contributed by atoms with Gasteiger partial charge in [-0.2, -0.15) is 0 Å². The van der Waals surface area contributed by atoms with E-state index in [1.54, 1.807) is 36.3 Å². The number of rotatable bonds is 6. The Labute approximate surface area is 184 Å². The minimum Gasteiger partial charge on any atom is -0.497 e. The van der Waals surface area contributed by atoms with E-state index in [2.05, 4.69) is 10.3 Å². The van der Waals surface area contributed by atoms with E-state index in [1.807, 2.05) is 60.7 Å². The number of hydrogen-bond donors (Lipinski definition) is 1. The number of nitrogens with zero attached hydrogens (tertiary/aromatic N) is 2. The van der Waals surface area contributed by atoms with Crippen LogP contribution in [-0.4, -0.2) is 29.3 Å². The second-order valence-electron chi connectivity index (χ2n) is 6.83. The van der Waals surface area contributed by atoms with Crippen LogP contribution < -0.4 is 15.0 Å². The first-order valence-corrected chi connectivity index (χ1v) is 10.7. The number of methoxy groups -OCH3 is 1. The number of thioether (sulfide) groups is 1. The molecule has 4 rings (SSSR count). The average molecular weight is 432 g/mol. The number of aliphatic imine (C=N–C) groups is 1. The Hall–Kier alpha value is -3.58. The summed E-state index contributed by atoms with van der Waals surface area (Å²) in [5, 5.41) is 2.85. The van der Waals surface area contributed by atoms with Crippen LogP contribution in [0.1, 0.15) is 6.42 Å². The molecule has 1 N–H and O–H groups in total. The second kappa shape index (κ2) is 9.49. The van der Waals surface area contributed by atoms with Gasteiger partial charge in [0.05, 0.1) is 18.5 Å². The van der Waals surface area contributed by atoms with Crippen molar-refractivity contribution in [1.29, 1.82) is 0 Å². The number of amides is 2. The predicted molar refractivity (Wildman–Crippen MR) is 125 cm³/mol. The number of benzene rings is 3. The minimum atomic E-state index is -0.555. The number of ether oxygens (including phenoxy) is 1. The molecule has 0 saturated carbocycles. The van der Waals surface area contributed by atoms with E-state index in [4.69, 9.17) is 4.74 Å². The maximum atomic E-state index is 13.2. The summed E-state index contributed by atoms with van der Waals surface area (Å²) in [5.41, 5.74) is 2.13. The van der Waals surface area contributed by atoms with Crippen LogP contribution in [-0.2, 0) is 9.59 Å². The van der Waals surface area contributed by atoms with Crippen LogP contribution in [0.25, 0.3) is 0 Å². The summed E-state index contributed by atoms with van der Waals surface area (Å²) in [7, 11) is 1.59. The van der Waals surface area contributed by atoms with Gasteiger partial charge in [-0.25, -0.2) is 4.99 Å². The van der Waals surface area contributed by atoms with E-state index in [-0.39, 0.29) is 18.2 Å². The van der Waals surface area contributed by atoms with Gasteiger partial charge in [-0.05, 0) is 48.5 Å². The quantitative estimate of drug-likeness (QED) is 0.605. The van der Waals surface area contributed by atoms with E-state index in [9.17, 15) is 9.59 Å². The lowest BCUT2D eigenvalue weighted by atomic mass is 10.2. The number of nitrogens with one attached hydrogen (secondary N) is 1. The topological polar surface area (TPSA) is 71.0 Å². The summed E-state index contributed by atoms with van der Waals surface area (Å²) in [6, 6.07) is 25.9. The van der Waals surface area contributed by atoms with Crippen LogP contribution in [0.5, 0.6) is 5.75 Å². The molecule has 2 amide bonds. The zero-order valence-electron chi connectivity index (χ0n) is 16.9. The van der Waals surface area contributed by atoms with Crippen molar-refractivity contribution in [3.05, 3.63) is 84.9 Å². The van der Waals surface area contributed by atoms with Crippen molar-refractivity contribution < 1.29 is 14.3 Å². The molecule has 1 aliphatic rings. The SMILES string of the molecule is COc1ccc(NC(=O)C[C@@H]2SC(=Nc3ccccc3)N(c3ccccc3)C2=O)cc1. The molecule has 3 aromatic carbocycles. The standard InChI is InChI=1S/C24H21N3O3S/c1-30-20-14-12-18(13-15-20)25-22(28)16-21-23(29)27(19-10-6-3-7-11-19)24(31-21)26-17-8-4-2-5-9-17/h2-15,21H,16H2,1H3,(H,25,28)/t21-/m0/s1. The van der Waals surface area contributed by atoms with Crippen molar-refractivity contribution in [2.45, 2.75) is 11.7 Å². The van der Waals surface area contributed by atoms with Crippen LogP contribution in [0.2, 0.25) is 0 Å². The smallest absolute Gasteiger partial charge is 0.247 e. The van der Waals surface area contributed by atoms with Gasteiger partial charge in [0.25, 0.3) is 0 Å². The van der Waals surface area contributed by atoms with Crippen molar-refractivity contribution in [1.82, 2.24) is 0 Å². The zero-order valence-corrected chi connectivity index (χ0v) is 17.7. The molecule has 1 atom stereocenters. The first-order valence-electron chi connectivity index (χ1n) is 9.77. The van der Waals surface area contributed by atoms with E-state index < -0.39 is 5.25 Å². The third-order valence-corrected chi connectivity index (χ3v) is 5.81. The highest BCUT2D eigenvalue weighted by molar-refractivity contribution is 8.16. The summed E-state index contributed by atoms with van der Waals surface area (Å²) >= 11 is 1.31. The molecule has 0 bridgehead atoms. The van der Waals surface area contributed by atoms with E-state index in [1.165, 1.54) is 11.8 Å². The highest BCUT2D eigenvalue weighted by Gasteiger charge is 2.40. The lowest BCUT2D eigenvalue weighted by molar-refractivity contribution is -0.121. The molecule has 0 spiro atoms. The molecule has 1 saturated heterocycles. The molecule has 0 radical (unpaired) electrons. The van der Waals surface area contributed by atoms with Gasteiger partial charge in [-0.15, -0.1) is 0 Å². The fourth-order valence-electron chi connectivity index (χ4n) is 3.16. The molecule has 6 nitrogen and oxygen atoms in total. The first-order chi connectivity index (χ1) is 15.1. The van der Waals surface area contributed by atoms with Crippen molar-refractivity contribution in [2.75, 3.05) is 17.3 Å². The van der Waals surface area contributed by atoms with Gasteiger partial charge in [0.15, 0.2) is 5.17 Å². The maximum absolute atomic E-state index is 13.2. The molecule has 156 valence electrons. The van der Waals surface area contributed by atoms with E-state index in [0.717, 1.165) is 11.4 Å². The lowest BCUT2D eigenvalue weighted by Crippen LogP contribution is -2.33. The Kier molecular flexibility index (Phi) is 6.33. The number of para-hydroxylation sites is 2. The van der Waals surface area contributed by atoms with Crippen LogP contribution in [0.4, 0.5) is 17.1 Å². The van der Waals surface area contributed by atoms with Gasteiger partial charge >= 0.3 is 0 Å². The molecule has 1 heterocycles. The van der Waals surface area contributed by atoms with Crippen LogP contribution in [0, 0.1) is 0 Å². The number of hydrogen-bond acceptors (Lipinski definition) is 5. The molecule has 1 fully saturated rings. The number of carbonyl (C=O) groups is 2. The van der Waals surface area contributed by atoms with Gasteiger partial charge in [0, 0.05) is 12.1 Å². The number of amidine groups is 1. The highest BCUT2D eigenvalue weighted by Crippen LogP contribution is 2.35. The van der Waals surface area contributed by atoms with Gasteiger partial charge in [-0.3, -0.25) is 14.5 Å². The van der Waals surface area contributed by atoms with Gasteiger partial charge in [0.1, 0.15) is 11.0 Å². The van der Waals surface area contributed by atoms with Crippen molar-refractivity contribution in [3.8, 4) is 5.75 Å². The molecule has 1 aliphatic heterocycles. The Morgan fingerprint density at radius 1 is 1.00 bits per heavy atom. The van der Waals surface area contributed by atoms with Crippen LogP contribution >= 0.6 is 11.8 Å². The Morgan fingerprint density at radius 3 is 2.29 bits per heavy atom. The largest absolute Gasteiger partial charge is 0.497 e. The third kappa shape index (κ3) is 4.95. The van der Waals surface area contributed by atoms with Crippen molar-refractivity contribution >= 4 is 45.8 Å². The van der Waals surface area contributed by atoms with Gasteiger partial charge in [0.2, 0.25) is 11.8 Å². The Balaban J connectivity index is 1.53. The molecule has 31 heavy (non-hydrogen) atoms. The van der Waals surface area contributed by atoms with Crippen LogP contribution in [0.15, 0.2) is 89.9 Å². The highest BCUT2D eigenvalue weighted by atomic mass is 32.2. The van der Waals surface area contributed by atoms with Crippen molar-refractivity contribution in [3.63, 3.8) is 0 Å². The number of carbonyl (C=O) groups excluding carboxylic acids is 2.